The highest BCUT2D eigenvalue weighted by molar-refractivity contribution is 6.08. The minimum Gasteiger partial charge on any atom is -0.454 e. The van der Waals surface area contributed by atoms with Crippen molar-refractivity contribution in [1.29, 1.82) is 0 Å². The number of nitrogens with one attached hydrogen (secondary N) is 1. The zero-order chi connectivity index (χ0) is 21.9. The summed E-state index contributed by atoms with van der Waals surface area (Å²) in [6.45, 7) is 10.0. The zero-order valence-corrected chi connectivity index (χ0v) is 17.8. The molecule has 1 aromatic rings. The summed E-state index contributed by atoms with van der Waals surface area (Å²) in [5.74, 6) is -1.69. The molecule has 1 atom stereocenters. The number of carbonyl (C=O) groups excluding carboxylic acids is 4. The van der Waals surface area contributed by atoms with Gasteiger partial charge in [-0.25, -0.2) is 4.79 Å². The van der Waals surface area contributed by atoms with Crippen molar-refractivity contribution in [3.8, 4) is 0 Å². The quantitative estimate of drug-likeness (QED) is 0.555. The van der Waals surface area contributed by atoms with Crippen LogP contribution in [0.5, 0.6) is 0 Å². The Bertz CT molecular complexity index is 795. The van der Waals surface area contributed by atoms with Gasteiger partial charge in [0.15, 0.2) is 6.61 Å². The van der Waals surface area contributed by atoms with Crippen LogP contribution in [0.2, 0.25) is 0 Å². The summed E-state index contributed by atoms with van der Waals surface area (Å²) in [7, 11) is 0. The fourth-order valence-electron chi connectivity index (χ4n) is 3.49. The lowest BCUT2D eigenvalue weighted by Crippen LogP contribution is -2.45. The van der Waals surface area contributed by atoms with Gasteiger partial charge in [-0.3, -0.25) is 19.3 Å². The Kier molecular flexibility index (Phi) is 6.66. The maximum absolute atomic E-state index is 12.8. The Morgan fingerprint density at radius 3 is 2.17 bits per heavy atom. The highest BCUT2D eigenvalue weighted by atomic mass is 16.5. The minimum absolute atomic E-state index is 0.0395. The van der Waals surface area contributed by atoms with Gasteiger partial charge in [-0.15, -0.1) is 0 Å². The van der Waals surface area contributed by atoms with Crippen molar-refractivity contribution in [1.82, 2.24) is 15.1 Å². The van der Waals surface area contributed by atoms with E-state index in [0.29, 0.717) is 5.56 Å². The predicted molar refractivity (Wildman–Crippen MR) is 107 cm³/mol. The number of ether oxygens (including phenoxy) is 1. The van der Waals surface area contributed by atoms with Crippen molar-refractivity contribution >= 4 is 23.8 Å². The molecule has 158 valence electrons. The van der Waals surface area contributed by atoms with Crippen molar-refractivity contribution in [2.75, 3.05) is 13.2 Å². The van der Waals surface area contributed by atoms with Gasteiger partial charge in [-0.2, -0.15) is 0 Å². The van der Waals surface area contributed by atoms with Crippen LogP contribution in [0, 0.1) is 6.92 Å². The molecule has 1 heterocycles. The molecule has 0 unspecified atom stereocenters. The van der Waals surface area contributed by atoms with E-state index in [1.165, 1.54) is 0 Å². The van der Waals surface area contributed by atoms with E-state index in [1.807, 2.05) is 46.8 Å². The van der Waals surface area contributed by atoms with Crippen molar-refractivity contribution in [3.05, 3.63) is 35.4 Å². The number of hydrogen-bond donors (Lipinski definition) is 1. The lowest BCUT2D eigenvalue weighted by Gasteiger charge is -2.30. The SMILES string of the molecule is Cc1ccc([C@@]2(C)NC(=O)N(CC(=O)OCC(=O)N(C(C)C)C(C)C)C2=O)cc1. The summed E-state index contributed by atoms with van der Waals surface area (Å²) >= 11 is 0. The van der Waals surface area contributed by atoms with Gasteiger partial charge in [0.1, 0.15) is 12.1 Å². The summed E-state index contributed by atoms with van der Waals surface area (Å²) < 4.78 is 5.03. The van der Waals surface area contributed by atoms with Gasteiger partial charge in [0, 0.05) is 12.1 Å². The summed E-state index contributed by atoms with van der Waals surface area (Å²) in [5, 5.41) is 2.64. The molecule has 1 N–H and O–H groups in total. The Hall–Kier alpha value is -2.90. The van der Waals surface area contributed by atoms with Gasteiger partial charge in [0.2, 0.25) is 0 Å². The second kappa shape index (κ2) is 8.63. The molecule has 1 saturated heterocycles. The van der Waals surface area contributed by atoms with E-state index < -0.39 is 36.6 Å². The molecule has 1 fully saturated rings. The van der Waals surface area contributed by atoms with Gasteiger partial charge >= 0.3 is 12.0 Å². The number of urea groups is 1. The molecule has 0 aliphatic carbocycles. The Morgan fingerprint density at radius 1 is 1.10 bits per heavy atom. The molecule has 4 amide bonds. The number of carbonyl (C=O) groups is 4. The zero-order valence-electron chi connectivity index (χ0n) is 17.8. The largest absolute Gasteiger partial charge is 0.454 e. The number of nitrogens with zero attached hydrogens (tertiary/aromatic N) is 2. The van der Waals surface area contributed by atoms with Crippen LogP contribution in [0.1, 0.15) is 45.7 Å². The molecule has 0 spiro atoms. The second-order valence-corrected chi connectivity index (χ2v) is 7.96. The standard InChI is InChI=1S/C21H29N3O5/c1-13(2)24(14(3)4)17(25)12-29-18(26)11-23-19(27)21(6,22-20(23)28)16-9-7-15(5)8-10-16/h7-10,13-14H,11-12H2,1-6H3,(H,22,28)/t21-/m1/s1. The molecule has 0 bridgehead atoms. The number of imide groups is 1. The van der Waals surface area contributed by atoms with E-state index in [0.717, 1.165) is 10.5 Å². The van der Waals surface area contributed by atoms with Gasteiger partial charge in [-0.1, -0.05) is 29.8 Å². The van der Waals surface area contributed by atoms with Crippen LogP contribution in [0.3, 0.4) is 0 Å². The van der Waals surface area contributed by atoms with Gasteiger partial charge < -0.3 is 15.0 Å². The first-order chi connectivity index (χ1) is 13.5. The molecule has 1 aliphatic heterocycles. The first-order valence-electron chi connectivity index (χ1n) is 9.65. The maximum Gasteiger partial charge on any atom is 0.326 e. The van der Waals surface area contributed by atoms with Crippen LogP contribution in [0.4, 0.5) is 4.79 Å². The summed E-state index contributed by atoms with van der Waals surface area (Å²) in [6, 6.07) is 6.47. The van der Waals surface area contributed by atoms with Gasteiger partial charge in [0.05, 0.1) is 0 Å². The third kappa shape index (κ3) is 4.75. The van der Waals surface area contributed by atoms with E-state index in [1.54, 1.807) is 24.0 Å². The number of rotatable bonds is 7. The molecular formula is C21H29N3O5. The number of hydrogen-bond acceptors (Lipinski definition) is 5. The number of esters is 1. The van der Waals surface area contributed by atoms with Crippen LogP contribution in [0.15, 0.2) is 24.3 Å². The normalized spacial score (nSPS) is 19.0. The van der Waals surface area contributed by atoms with E-state index >= 15 is 0 Å². The maximum atomic E-state index is 12.8. The molecule has 8 nitrogen and oxygen atoms in total. The highest BCUT2D eigenvalue weighted by Gasteiger charge is 2.49. The smallest absolute Gasteiger partial charge is 0.326 e. The Labute approximate surface area is 171 Å². The van der Waals surface area contributed by atoms with E-state index in [-0.39, 0.29) is 18.0 Å². The molecule has 29 heavy (non-hydrogen) atoms. The van der Waals surface area contributed by atoms with Crippen LogP contribution in [-0.4, -0.2) is 58.8 Å². The number of amides is 4. The molecule has 2 rings (SSSR count). The van der Waals surface area contributed by atoms with Gasteiger partial charge in [-0.05, 0) is 47.1 Å². The third-order valence-electron chi connectivity index (χ3n) is 4.95. The van der Waals surface area contributed by atoms with Crippen molar-refractivity contribution in [2.45, 2.75) is 59.2 Å². The fraction of sp³-hybridized carbons (Fsp3) is 0.524. The second-order valence-electron chi connectivity index (χ2n) is 7.96. The molecule has 1 aliphatic rings. The average molecular weight is 403 g/mol. The van der Waals surface area contributed by atoms with Crippen molar-refractivity contribution in [3.63, 3.8) is 0 Å². The molecular weight excluding hydrogens is 374 g/mol. The van der Waals surface area contributed by atoms with E-state index in [9.17, 15) is 19.2 Å². The minimum atomic E-state index is -1.26. The van der Waals surface area contributed by atoms with Gasteiger partial charge in [0.25, 0.3) is 11.8 Å². The lowest BCUT2D eigenvalue weighted by molar-refractivity contribution is -0.155. The topological polar surface area (TPSA) is 96.0 Å². The van der Waals surface area contributed by atoms with Crippen LogP contribution < -0.4 is 5.32 Å². The van der Waals surface area contributed by atoms with E-state index in [4.69, 9.17) is 4.74 Å². The van der Waals surface area contributed by atoms with Crippen molar-refractivity contribution < 1.29 is 23.9 Å². The Morgan fingerprint density at radius 2 is 1.66 bits per heavy atom. The molecule has 1 aromatic carbocycles. The van der Waals surface area contributed by atoms with Crippen LogP contribution >= 0.6 is 0 Å². The summed E-state index contributed by atoms with van der Waals surface area (Å²) in [6.07, 6.45) is 0. The third-order valence-corrected chi connectivity index (χ3v) is 4.95. The number of benzene rings is 1. The lowest BCUT2D eigenvalue weighted by atomic mass is 9.91. The van der Waals surface area contributed by atoms with Crippen LogP contribution in [0.25, 0.3) is 0 Å². The predicted octanol–water partition coefficient (Wildman–Crippen LogP) is 1.95. The van der Waals surface area contributed by atoms with E-state index in [2.05, 4.69) is 5.32 Å². The summed E-state index contributed by atoms with van der Waals surface area (Å²) in [5.41, 5.74) is 0.389. The monoisotopic (exact) mass is 403 g/mol. The first kappa shape index (κ1) is 22.4. The highest BCUT2D eigenvalue weighted by Crippen LogP contribution is 2.28. The Balaban J connectivity index is 2.02. The average Bonchev–Trinajstić information content (AvgIpc) is 2.84. The van der Waals surface area contributed by atoms with Crippen LogP contribution in [-0.2, 0) is 24.7 Å². The molecule has 0 radical (unpaired) electrons. The summed E-state index contributed by atoms with van der Waals surface area (Å²) in [4.78, 5) is 52.1. The fourth-order valence-corrected chi connectivity index (χ4v) is 3.49. The number of aryl methyl sites for hydroxylation is 1. The molecule has 0 saturated carbocycles. The van der Waals surface area contributed by atoms with Crippen molar-refractivity contribution in [2.24, 2.45) is 0 Å². The first-order valence-corrected chi connectivity index (χ1v) is 9.65. The molecule has 0 aromatic heterocycles. The molecule has 8 heteroatoms.